The molecule has 0 atom stereocenters. The molecule has 10 heavy (non-hydrogen) atoms. The molecule has 0 aromatic rings. The normalized spacial score (nSPS) is 10.8. The van der Waals surface area contributed by atoms with Crippen molar-refractivity contribution in [2.24, 2.45) is 0 Å². The molecule has 0 rings (SSSR count). The molecule has 64 valence electrons. The first-order valence-corrected chi connectivity index (χ1v) is 4.77. The zero-order valence-corrected chi connectivity index (χ0v) is 10.2. The van der Waals surface area contributed by atoms with E-state index >= 15 is 0 Å². The Labute approximate surface area is 83.3 Å². The van der Waals surface area contributed by atoms with Crippen LogP contribution < -0.4 is 17.0 Å². The average Bonchev–Trinajstić information content (AvgIpc) is 1.95. The van der Waals surface area contributed by atoms with E-state index in [9.17, 15) is 0 Å². The van der Waals surface area contributed by atoms with Gasteiger partial charge in [0.25, 0.3) is 0 Å². The molecule has 0 unspecified atom stereocenters. The molecule has 0 radical (unpaired) electrons. The largest absolute Gasteiger partial charge is 1.00 e. The third-order valence-electron chi connectivity index (χ3n) is 2.27. The van der Waals surface area contributed by atoms with E-state index in [1.165, 1.54) is 24.1 Å². The molecule has 0 heterocycles. The summed E-state index contributed by atoms with van der Waals surface area (Å²) in [6.45, 7) is 10.4. The highest BCUT2D eigenvalue weighted by Crippen LogP contribution is 2.07. The average molecular weight is 275 g/mol. The van der Waals surface area contributed by atoms with Gasteiger partial charge in [-0.05, 0) is 36.7 Å². The summed E-state index contributed by atoms with van der Waals surface area (Å²) in [5.41, 5.74) is 1.09. The van der Waals surface area contributed by atoms with Crippen molar-refractivity contribution < 1.29 is 21.5 Å². The van der Waals surface area contributed by atoms with Crippen molar-refractivity contribution in [1.82, 2.24) is 0 Å². The monoisotopic (exact) mass is 273 g/mol. The highest BCUT2D eigenvalue weighted by atomic mass is 79.9. The molecule has 0 aliphatic rings. The molecule has 0 aromatic carbocycles. The second-order valence-electron chi connectivity index (χ2n) is 2.41. The van der Waals surface area contributed by atoms with Crippen LogP contribution in [-0.2, 0) is 0 Å². The van der Waals surface area contributed by atoms with E-state index in [-0.39, 0.29) is 17.0 Å². The zero-order chi connectivity index (χ0) is 7.33. The minimum Gasteiger partial charge on any atom is -1.00 e. The SMILES string of the molecule is CC[N+](CC)(CC)CBr.[Br-]. The summed E-state index contributed by atoms with van der Waals surface area (Å²) in [5.74, 6) is 0. The predicted octanol–water partition coefficient (Wildman–Crippen LogP) is -0.781. The number of hydrogen-bond donors (Lipinski definition) is 0. The van der Waals surface area contributed by atoms with E-state index in [2.05, 4.69) is 36.7 Å². The van der Waals surface area contributed by atoms with Gasteiger partial charge in [-0.25, -0.2) is 0 Å². The van der Waals surface area contributed by atoms with Gasteiger partial charge >= 0.3 is 0 Å². The molecule has 0 aliphatic heterocycles. The van der Waals surface area contributed by atoms with Crippen LogP contribution in [0.1, 0.15) is 20.8 Å². The van der Waals surface area contributed by atoms with Crippen LogP contribution in [0.4, 0.5) is 0 Å². The second kappa shape index (κ2) is 6.62. The minimum atomic E-state index is 0. The van der Waals surface area contributed by atoms with Crippen LogP contribution in [0.15, 0.2) is 0 Å². The molecule has 0 saturated heterocycles. The lowest BCUT2D eigenvalue weighted by molar-refractivity contribution is -0.910. The van der Waals surface area contributed by atoms with Crippen molar-refractivity contribution in [3.8, 4) is 0 Å². The first kappa shape index (κ1) is 13.5. The molecular weight excluding hydrogens is 258 g/mol. The molecule has 0 fully saturated rings. The first-order chi connectivity index (χ1) is 4.24. The topological polar surface area (TPSA) is 0 Å². The Hall–Kier alpha value is 0.920. The summed E-state index contributed by atoms with van der Waals surface area (Å²) in [5, 5.41) is 0. The predicted molar refractivity (Wildman–Crippen MR) is 45.7 cm³/mol. The van der Waals surface area contributed by atoms with Gasteiger partial charge in [-0.2, -0.15) is 0 Å². The number of halogens is 2. The molecule has 0 bridgehead atoms. The molecule has 3 heteroatoms. The number of alkyl halides is 1. The Morgan fingerprint density at radius 2 is 1.30 bits per heavy atom. The van der Waals surface area contributed by atoms with Gasteiger partial charge in [0.15, 0.2) is 0 Å². The molecule has 1 nitrogen and oxygen atoms in total. The number of quaternary nitrogens is 1. The lowest BCUT2D eigenvalue weighted by Gasteiger charge is -2.33. The first-order valence-electron chi connectivity index (χ1n) is 3.65. The summed E-state index contributed by atoms with van der Waals surface area (Å²) in [6.07, 6.45) is 0. The van der Waals surface area contributed by atoms with Crippen LogP contribution >= 0.6 is 15.9 Å². The van der Waals surface area contributed by atoms with E-state index in [1.807, 2.05) is 0 Å². The van der Waals surface area contributed by atoms with Gasteiger partial charge in [-0.1, -0.05) is 0 Å². The van der Waals surface area contributed by atoms with Gasteiger partial charge in [-0.3, -0.25) is 0 Å². The van der Waals surface area contributed by atoms with Crippen LogP contribution in [-0.4, -0.2) is 29.6 Å². The quantitative estimate of drug-likeness (QED) is 0.359. The maximum atomic E-state index is 3.53. The molecule has 0 amide bonds. The summed E-state index contributed by atoms with van der Waals surface area (Å²) in [6, 6.07) is 0. The molecule has 0 spiro atoms. The van der Waals surface area contributed by atoms with E-state index in [4.69, 9.17) is 0 Å². The van der Waals surface area contributed by atoms with E-state index in [1.54, 1.807) is 0 Å². The van der Waals surface area contributed by atoms with Gasteiger partial charge in [0.1, 0.15) is 5.45 Å². The molecule has 0 saturated carbocycles. The highest BCUT2D eigenvalue weighted by Gasteiger charge is 2.17. The third-order valence-corrected chi connectivity index (χ3v) is 3.33. The number of rotatable bonds is 4. The van der Waals surface area contributed by atoms with Crippen LogP contribution in [0.2, 0.25) is 0 Å². The van der Waals surface area contributed by atoms with Crippen LogP contribution in [0.5, 0.6) is 0 Å². The van der Waals surface area contributed by atoms with Crippen LogP contribution in [0, 0.1) is 0 Å². The van der Waals surface area contributed by atoms with Crippen molar-refractivity contribution in [2.45, 2.75) is 20.8 Å². The van der Waals surface area contributed by atoms with Crippen molar-refractivity contribution in [3.05, 3.63) is 0 Å². The Morgan fingerprint density at radius 1 is 1.00 bits per heavy atom. The highest BCUT2D eigenvalue weighted by molar-refractivity contribution is 9.09. The van der Waals surface area contributed by atoms with Gasteiger partial charge in [-0.15, -0.1) is 0 Å². The van der Waals surface area contributed by atoms with E-state index < -0.39 is 0 Å². The fourth-order valence-electron chi connectivity index (χ4n) is 0.924. The molecule has 0 aromatic heterocycles. The summed E-state index contributed by atoms with van der Waals surface area (Å²) in [4.78, 5) is 0. The summed E-state index contributed by atoms with van der Waals surface area (Å²) >= 11 is 3.53. The number of hydrogen-bond acceptors (Lipinski definition) is 0. The summed E-state index contributed by atoms with van der Waals surface area (Å²) < 4.78 is 1.19. The van der Waals surface area contributed by atoms with Crippen molar-refractivity contribution in [1.29, 1.82) is 0 Å². The summed E-state index contributed by atoms with van der Waals surface area (Å²) in [7, 11) is 0. The van der Waals surface area contributed by atoms with Crippen LogP contribution in [0.25, 0.3) is 0 Å². The second-order valence-corrected chi connectivity index (χ2v) is 2.91. The Bertz CT molecular complexity index is 54.5. The zero-order valence-electron chi connectivity index (χ0n) is 7.03. The standard InChI is InChI=1S/C7H17BrN.BrH/c1-4-9(5-2,6-3)7-8;/h4-7H2,1-3H3;1H/q+1;/p-1. The third kappa shape index (κ3) is 3.35. The van der Waals surface area contributed by atoms with E-state index in [0.29, 0.717) is 0 Å². The van der Waals surface area contributed by atoms with Crippen molar-refractivity contribution in [2.75, 3.05) is 25.1 Å². The molecule has 0 aliphatic carbocycles. The maximum absolute atomic E-state index is 3.53. The Morgan fingerprint density at radius 3 is 1.30 bits per heavy atom. The smallest absolute Gasteiger partial charge is 0.134 e. The fraction of sp³-hybridized carbons (Fsp3) is 1.00. The van der Waals surface area contributed by atoms with Gasteiger partial charge in [0, 0.05) is 0 Å². The van der Waals surface area contributed by atoms with Crippen LogP contribution in [0.3, 0.4) is 0 Å². The molecule has 0 N–H and O–H groups in total. The van der Waals surface area contributed by atoms with Gasteiger partial charge in [0.05, 0.1) is 19.6 Å². The molecular formula is C7H17Br2N. The number of nitrogens with zero attached hydrogens (tertiary/aromatic N) is 1. The maximum Gasteiger partial charge on any atom is 0.134 e. The fourth-order valence-corrected chi connectivity index (χ4v) is 1.99. The van der Waals surface area contributed by atoms with Crippen molar-refractivity contribution in [3.63, 3.8) is 0 Å². The minimum absolute atomic E-state index is 0. The van der Waals surface area contributed by atoms with Gasteiger partial charge < -0.3 is 21.5 Å². The van der Waals surface area contributed by atoms with Crippen molar-refractivity contribution >= 4 is 15.9 Å². The van der Waals surface area contributed by atoms with E-state index in [0.717, 1.165) is 5.45 Å². The Balaban J connectivity index is 0. The lowest BCUT2D eigenvalue weighted by atomic mass is 10.4. The lowest BCUT2D eigenvalue weighted by Crippen LogP contribution is -3.00. The Kier molecular flexibility index (Phi) is 8.94. The van der Waals surface area contributed by atoms with Gasteiger partial charge in [0.2, 0.25) is 0 Å².